The van der Waals surface area contributed by atoms with Gasteiger partial charge in [0.1, 0.15) is 0 Å². The fraction of sp³-hybridized carbons (Fsp3) is 0.316. The number of hydrogen-bond acceptors (Lipinski definition) is 3. The number of carbonyl (C=O) groups excluding carboxylic acids is 1. The summed E-state index contributed by atoms with van der Waals surface area (Å²) in [5.74, 6) is -0.0293. The molecule has 0 unspecified atom stereocenters. The van der Waals surface area contributed by atoms with Crippen LogP contribution in [0.3, 0.4) is 0 Å². The summed E-state index contributed by atoms with van der Waals surface area (Å²) in [4.78, 5) is 13.5. The van der Waals surface area contributed by atoms with Crippen molar-refractivity contribution in [2.45, 2.75) is 39.0 Å². The highest BCUT2D eigenvalue weighted by Crippen LogP contribution is 2.31. The van der Waals surface area contributed by atoms with Crippen molar-refractivity contribution in [1.82, 2.24) is 0 Å². The number of aryl methyl sites for hydroxylation is 3. The van der Waals surface area contributed by atoms with Gasteiger partial charge in [0.15, 0.2) is 0 Å². The lowest BCUT2D eigenvalue weighted by atomic mass is 10.1. The molecule has 0 aliphatic carbocycles. The fourth-order valence-corrected chi connectivity index (χ4v) is 4.66. The summed E-state index contributed by atoms with van der Waals surface area (Å²) in [6.07, 6.45) is 0.668. The maximum absolute atomic E-state index is 12.8. The van der Waals surface area contributed by atoms with E-state index in [2.05, 4.69) is 4.72 Å². The van der Waals surface area contributed by atoms with Gasteiger partial charge in [0.2, 0.25) is 5.91 Å². The second kappa shape index (κ2) is 6.19. The number of nitrogens with one attached hydrogen (secondary N) is 1. The maximum Gasteiger partial charge on any atom is 0.261 e. The number of carbonyl (C=O) groups is 1. The van der Waals surface area contributed by atoms with Crippen molar-refractivity contribution in [3.05, 3.63) is 52.6 Å². The lowest BCUT2D eigenvalue weighted by molar-refractivity contribution is -0.116. The van der Waals surface area contributed by atoms with Gasteiger partial charge in [-0.3, -0.25) is 9.52 Å². The third-order valence-electron chi connectivity index (χ3n) is 4.55. The van der Waals surface area contributed by atoms with Crippen molar-refractivity contribution >= 4 is 27.3 Å². The van der Waals surface area contributed by atoms with Crippen LogP contribution in [-0.2, 0) is 21.2 Å². The van der Waals surface area contributed by atoms with Crippen LogP contribution in [0.15, 0.2) is 35.2 Å². The molecular weight excluding hydrogens is 336 g/mol. The summed E-state index contributed by atoms with van der Waals surface area (Å²) in [6, 6.07) is 8.85. The molecule has 132 valence electrons. The first kappa shape index (κ1) is 17.5. The molecule has 0 fully saturated rings. The van der Waals surface area contributed by atoms with Crippen molar-refractivity contribution in [1.29, 1.82) is 0 Å². The van der Waals surface area contributed by atoms with E-state index in [1.807, 2.05) is 32.9 Å². The van der Waals surface area contributed by atoms with E-state index in [0.29, 0.717) is 18.7 Å². The van der Waals surface area contributed by atoms with Crippen molar-refractivity contribution < 1.29 is 13.2 Å². The molecule has 0 bridgehead atoms. The first-order valence-corrected chi connectivity index (χ1v) is 9.69. The quantitative estimate of drug-likeness (QED) is 0.915. The number of amides is 1. The average Bonchev–Trinajstić information content (AvgIpc) is 2.94. The minimum absolute atomic E-state index is 0.0293. The zero-order chi connectivity index (χ0) is 18.4. The second-order valence-electron chi connectivity index (χ2n) is 6.59. The first-order valence-electron chi connectivity index (χ1n) is 8.21. The normalized spacial score (nSPS) is 13.7. The molecular formula is C19H22N2O3S. The average molecular weight is 358 g/mol. The molecule has 0 aromatic heterocycles. The molecule has 0 atom stereocenters. The summed E-state index contributed by atoms with van der Waals surface area (Å²) in [5.41, 5.74) is 5.19. The molecule has 1 N–H and O–H groups in total. The smallest absolute Gasteiger partial charge is 0.261 e. The maximum atomic E-state index is 12.8. The van der Waals surface area contributed by atoms with E-state index >= 15 is 0 Å². The molecule has 0 spiro atoms. The van der Waals surface area contributed by atoms with Crippen LogP contribution in [0.2, 0.25) is 0 Å². The highest BCUT2D eigenvalue weighted by molar-refractivity contribution is 7.92. The Morgan fingerprint density at radius 2 is 1.72 bits per heavy atom. The second-order valence-corrected chi connectivity index (χ2v) is 8.27. The number of anilines is 2. The van der Waals surface area contributed by atoms with Gasteiger partial charge in [0.25, 0.3) is 10.0 Å². The van der Waals surface area contributed by atoms with Gasteiger partial charge in [0, 0.05) is 19.2 Å². The number of nitrogens with zero attached hydrogens (tertiary/aromatic N) is 1. The molecule has 2 aromatic carbocycles. The van der Waals surface area contributed by atoms with Gasteiger partial charge >= 0.3 is 0 Å². The molecule has 3 rings (SSSR count). The molecule has 1 aliphatic heterocycles. The van der Waals surface area contributed by atoms with Gasteiger partial charge in [-0.1, -0.05) is 17.7 Å². The Morgan fingerprint density at radius 1 is 1.08 bits per heavy atom. The summed E-state index contributed by atoms with van der Waals surface area (Å²) >= 11 is 0. The zero-order valence-electron chi connectivity index (χ0n) is 14.9. The molecule has 2 aromatic rings. The molecule has 1 heterocycles. The Hall–Kier alpha value is -2.34. The highest BCUT2D eigenvalue weighted by atomic mass is 32.2. The first-order chi connectivity index (χ1) is 11.7. The number of sulfonamides is 1. The van der Waals surface area contributed by atoms with Crippen LogP contribution in [0.25, 0.3) is 0 Å². The molecule has 0 saturated carbocycles. The Bertz CT molecular complexity index is 942. The largest absolute Gasteiger partial charge is 0.312 e. The molecule has 0 saturated heterocycles. The summed E-state index contributed by atoms with van der Waals surface area (Å²) in [5, 5.41) is 0. The lowest BCUT2D eigenvalue weighted by Crippen LogP contribution is -2.25. The van der Waals surface area contributed by atoms with Gasteiger partial charge < -0.3 is 4.90 Å². The number of benzene rings is 2. The van der Waals surface area contributed by atoms with Gasteiger partial charge in [-0.05, 0) is 62.1 Å². The van der Waals surface area contributed by atoms with Crippen molar-refractivity contribution in [3.8, 4) is 0 Å². The molecule has 25 heavy (non-hydrogen) atoms. The van der Waals surface area contributed by atoms with E-state index in [0.717, 1.165) is 27.9 Å². The van der Waals surface area contributed by atoms with Crippen LogP contribution in [0.1, 0.15) is 29.2 Å². The number of hydrogen-bond donors (Lipinski definition) is 1. The summed E-state index contributed by atoms with van der Waals surface area (Å²) in [6.45, 7) is 7.89. The van der Waals surface area contributed by atoms with E-state index in [-0.39, 0.29) is 10.8 Å². The van der Waals surface area contributed by atoms with E-state index in [1.54, 1.807) is 23.1 Å². The van der Waals surface area contributed by atoms with Crippen molar-refractivity contribution in [2.24, 2.45) is 0 Å². The van der Waals surface area contributed by atoms with Crippen LogP contribution in [0.4, 0.5) is 11.4 Å². The van der Waals surface area contributed by atoms with Crippen LogP contribution in [-0.4, -0.2) is 20.9 Å². The Kier molecular flexibility index (Phi) is 4.33. The minimum atomic E-state index is -3.68. The van der Waals surface area contributed by atoms with Crippen LogP contribution in [0.5, 0.6) is 0 Å². The zero-order valence-corrected chi connectivity index (χ0v) is 15.7. The van der Waals surface area contributed by atoms with Gasteiger partial charge in [-0.25, -0.2) is 8.42 Å². The number of fused-ring (bicyclic) bond motifs is 1. The minimum Gasteiger partial charge on any atom is -0.312 e. The van der Waals surface area contributed by atoms with Crippen molar-refractivity contribution in [2.75, 3.05) is 16.2 Å². The Morgan fingerprint density at radius 3 is 2.32 bits per heavy atom. The third-order valence-corrected chi connectivity index (χ3v) is 5.90. The molecule has 1 amide bonds. The van der Waals surface area contributed by atoms with Gasteiger partial charge in [0.05, 0.1) is 10.6 Å². The standard InChI is InChI=1S/C19H22N2O3S/c1-12-9-13(2)19(14(3)10-12)20-25(23,24)17-5-6-18-16(11-17)7-8-21(18)15(4)22/h5-6,9-11,20H,7-8H2,1-4H3. The summed E-state index contributed by atoms with van der Waals surface area (Å²) < 4.78 is 28.3. The van der Waals surface area contributed by atoms with Crippen LogP contribution < -0.4 is 9.62 Å². The number of rotatable bonds is 3. The molecule has 0 radical (unpaired) electrons. The predicted molar refractivity (Wildman–Crippen MR) is 99.6 cm³/mol. The Balaban J connectivity index is 1.96. The monoisotopic (exact) mass is 358 g/mol. The predicted octanol–water partition coefficient (Wildman–Crippen LogP) is 3.32. The van der Waals surface area contributed by atoms with Gasteiger partial charge in [-0.15, -0.1) is 0 Å². The topological polar surface area (TPSA) is 66.5 Å². The summed E-state index contributed by atoms with van der Waals surface area (Å²) in [7, 11) is -3.68. The van der Waals surface area contributed by atoms with Gasteiger partial charge in [-0.2, -0.15) is 0 Å². The molecule has 5 nitrogen and oxygen atoms in total. The highest BCUT2D eigenvalue weighted by Gasteiger charge is 2.25. The SMILES string of the molecule is CC(=O)N1CCc2cc(S(=O)(=O)Nc3c(C)cc(C)cc3C)ccc21. The van der Waals surface area contributed by atoms with E-state index in [4.69, 9.17) is 0 Å². The molecule has 1 aliphatic rings. The third kappa shape index (κ3) is 3.26. The molecule has 6 heteroatoms. The van der Waals surface area contributed by atoms with E-state index < -0.39 is 10.0 Å². The fourth-order valence-electron chi connectivity index (χ4n) is 3.41. The van der Waals surface area contributed by atoms with Crippen LogP contribution in [0, 0.1) is 20.8 Å². The van der Waals surface area contributed by atoms with E-state index in [1.165, 1.54) is 6.92 Å². The Labute approximate surface area is 148 Å². The van der Waals surface area contributed by atoms with Crippen LogP contribution >= 0.6 is 0 Å². The van der Waals surface area contributed by atoms with E-state index in [9.17, 15) is 13.2 Å². The lowest BCUT2D eigenvalue weighted by Gasteiger charge is -2.16. The van der Waals surface area contributed by atoms with Crippen molar-refractivity contribution in [3.63, 3.8) is 0 Å².